The first kappa shape index (κ1) is 14.0. The van der Waals surface area contributed by atoms with Gasteiger partial charge in [0.05, 0.1) is 0 Å². The van der Waals surface area contributed by atoms with Crippen LogP contribution in [0.25, 0.3) is 10.8 Å². The lowest BCUT2D eigenvalue weighted by Crippen LogP contribution is -2.09. The van der Waals surface area contributed by atoms with Gasteiger partial charge in [0.15, 0.2) is 0 Å². The summed E-state index contributed by atoms with van der Waals surface area (Å²) in [5, 5.41) is 1.99. The highest BCUT2D eigenvalue weighted by molar-refractivity contribution is 9.10. The number of fused-ring (bicyclic) bond motifs is 1. The van der Waals surface area contributed by atoms with Gasteiger partial charge in [0, 0.05) is 15.4 Å². The van der Waals surface area contributed by atoms with Crippen molar-refractivity contribution in [2.45, 2.75) is 0 Å². The van der Waals surface area contributed by atoms with Crippen LogP contribution in [0.3, 0.4) is 0 Å². The molecule has 0 aromatic heterocycles. The van der Waals surface area contributed by atoms with E-state index in [0.717, 1.165) is 32.3 Å². The van der Waals surface area contributed by atoms with Crippen LogP contribution >= 0.6 is 28.1 Å². The Hall–Kier alpha value is -1.91. The highest BCUT2D eigenvalue weighted by Gasteiger charge is 2.09. The Bertz CT molecular complexity index is 815. The van der Waals surface area contributed by atoms with E-state index in [2.05, 4.69) is 15.9 Å². The Kier molecular flexibility index (Phi) is 3.90. The summed E-state index contributed by atoms with van der Waals surface area (Å²) in [6.07, 6.45) is 0. The van der Waals surface area contributed by atoms with Gasteiger partial charge in [-0.25, -0.2) is 0 Å². The molecule has 0 radical (unpaired) electrons. The summed E-state index contributed by atoms with van der Waals surface area (Å²) >= 11 is 8.52. The molecule has 21 heavy (non-hydrogen) atoms. The third-order valence-corrected chi connectivity index (χ3v) is 3.94. The largest absolute Gasteiger partial charge is 0.457 e. The maximum Gasteiger partial charge on any atom is 0.135 e. The van der Waals surface area contributed by atoms with Crippen molar-refractivity contribution < 1.29 is 4.74 Å². The van der Waals surface area contributed by atoms with E-state index in [4.69, 9.17) is 22.7 Å². The minimum Gasteiger partial charge on any atom is -0.457 e. The predicted octanol–water partition coefficient (Wildman–Crippen LogP) is 5.03. The van der Waals surface area contributed by atoms with Gasteiger partial charge < -0.3 is 10.5 Å². The zero-order valence-electron chi connectivity index (χ0n) is 11.0. The van der Waals surface area contributed by atoms with E-state index < -0.39 is 0 Å². The monoisotopic (exact) mass is 357 g/mol. The molecule has 2 nitrogen and oxygen atoms in total. The Balaban J connectivity index is 2.09. The van der Waals surface area contributed by atoms with Crippen LogP contribution in [-0.4, -0.2) is 4.99 Å². The molecule has 0 amide bonds. The summed E-state index contributed by atoms with van der Waals surface area (Å²) in [5.74, 6) is 1.57. The molecule has 3 aromatic carbocycles. The Morgan fingerprint density at radius 3 is 2.24 bits per heavy atom. The number of hydrogen-bond acceptors (Lipinski definition) is 2. The second-order valence-corrected chi connectivity index (χ2v) is 5.93. The fourth-order valence-corrected chi connectivity index (χ4v) is 2.65. The molecule has 0 saturated carbocycles. The van der Waals surface area contributed by atoms with Crippen molar-refractivity contribution in [2.75, 3.05) is 0 Å². The molecule has 0 unspecified atom stereocenters. The third-order valence-electron chi connectivity index (χ3n) is 3.19. The molecule has 0 aliphatic heterocycles. The van der Waals surface area contributed by atoms with Gasteiger partial charge >= 0.3 is 0 Å². The van der Waals surface area contributed by atoms with Gasteiger partial charge in [-0.05, 0) is 41.8 Å². The van der Waals surface area contributed by atoms with Crippen molar-refractivity contribution in [2.24, 2.45) is 5.73 Å². The van der Waals surface area contributed by atoms with E-state index >= 15 is 0 Å². The van der Waals surface area contributed by atoms with E-state index in [1.165, 1.54) is 0 Å². The predicted molar refractivity (Wildman–Crippen MR) is 94.1 cm³/mol. The molecular weight excluding hydrogens is 346 g/mol. The fourth-order valence-electron chi connectivity index (χ4n) is 2.20. The molecule has 0 fully saturated rings. The van der Waals surface area contributed by atoms with Gasteiger partial charge in [-0.15, -0.1) is 0 Å². The zero-order chi connectivity index (χ0) is 14.8. The van der Waals surface area contributed by atoms with Crippen molar-refractivity contribution in [3.05, 3.63) is 70.7 Å². The van der Waals surface area contributed by atoms with Crippen molar-refractivity contribution in [3.8, 4) is 11.5 Å². The topological polar surface area (TPSA) is 35.2 Å². The van der Waals surface area contributed by atoms with Crippen LogP contribution in [0.1, 0.15) is 5.56 Å². The van der Waals surface area contributed by atoms with Crippen LogP contribution in [0.4, 0.5) is 0 Å². The molecular formula is C17H12BrNOS. The second kappa shape index (κ2) is 5.84. The van der Waals surface area contributed by atoms with Crippen LogP contribution in [-0.2, 0) is 0 Å². The molecule has 2 N–H and O–H groups in total. The molecule has 0 aliphatic rings. The minimum atomic E-state index is 0.390. The van der Waals surface area contributed by atoms with Crippen LogP contribution < -0.4 is 10.5 Å². The quantitative estimate of drug-likeness (QED) is 0.667. The van der Waals surface area contributed by atoms with E-state index in [9.17, 15) is 0 Å². The number of benzene rings is 3. The fraction of sp³-hybridized carbons (Fsp3) is 0. The molecule has 0 atom stereocenters. The maximum absolute atomic E-state index is 5.98. The number of thiocarbonyl (C=S) groups is 1. The summed E-state index contributed by atoms with van der Waals surface area (Å²) in [5.41, 5.74) is 6.65. The van der Waals surface area contributed by atoms with Crippen molar-refractivity contribution in [1.29, 1.82) is 0 Å². The average molecular weight is 358 g/mol. The highest BCUT2D eigenvalue weighted by atomic mass is 79.9. The van der Waals surface area contributed by atoms with Crippen LogP contribution in [0, 0.1) is 0 Å². The summed E-state index contributed by atoms with van der Waals surface area (Å²) in [7, 11) is 0. The van der Waals surface area contributed by atoms with Crippen LogP contribution in [0.5, 0.6) is 11.5 Å². The summed E-state index contributed by atoms with van der Waals surface area (Å²) in [6, 6.07) is 19.5. The molecule has 3 aromatic rings. The maximum atomic E-state index is 5.98. The van der Waals surface area contributed by atoms with Crippen LogP contribution in [0.2, 0.25) is 0 Å². The molecule has 3 rings (SSSR count). The molecule has 104 valence electrons. The van der Waals surface area contributed by atoms with Crippen molar-refractivity contribution in [1.82, 2.24) is 0 Å². The third kappa shape index (κ3) is 2.91. The summed E-state index contributed by atoms with van der Waals surface area (Å²) in [6.45, 7) is 0. The van der Waals surface area contributed by atoms with Crippen molar-refractivity contribution in [3.63, 3.8) is 0 Å². The number of rotatable bonds is 3. The number of hydrogen-bond donors (Lipinski definition) is 1. The SMILES string of the molecule is NC(=S)c1ccc(Oc2ccc(Br)cc2)c2ccccc12. The van der Waals surface area contributed by atoms with Gasteiger partial charge in [0.1, 0.15) is 16.5 Å². The van der Waals surface area contributed by atoms with E-state index in [0.29, 0.717) is 4.99 Å². The minimum absolute atomic E-state index is 0.390. The van der Waals surface area contributed by atoms with E-state index in [1.807, 2.05) is 60.7 Å². The molecule has 0 spiro atoms. The van der Waals surface area contributed by atoms with Gasteiger partial charge in [-0.1, -0.05) is 52.4 Å². The summed E-state index contributed by atoms with van der Waals surface area (Å²) < 4.78 is 6.99. The lowest BCUT2D eigenvalue weighted by molar-refractivity contribution is 0.488. The molecule has 0 heterocycles. The summed E-state index contributed by atoms with van der Waals surface area (Å²) in [4.78, 5) is 0.390. The second-order valence-electron chi connectivity index (χ2n) is 4.58. The van der Waals surface area contributed by atoms with E-state index in [-0.39, 0.29) is 0 Å². The smallest absolute Gasteiger partial charge is 0.135 e. The zero-order valence-corrected chi connectivity index (χ0v) is 13.4. The van der Waals surface area contributed by atoms with Crippen molar-refractivity contribution >= 4 is 43.9 Å². The number of halogens is 1. The van der Waals surface area contributed by atoms with Gasteiger partial charge in [-0.2, -0.15) is 0 Å². The van der Waals surface area contributed by atoms with Crippen LogP contribution in [0.15, 0.2) is 65.1 Å². The average Bonchev–Trinajstić information content (AvgIpc) is 2.49. The van der Waals surface area contributed by atoms with E-state index in [1.54, 1.807) is 0 Å². The molecule has 4 heteroatoms. The van der Waals surface area contributed by atoms with Gasteiger partial charge in [-0.3, -0.25) is 0 Å². The molecule has 0 bridgehead atoms. The first-order valence-corrected chi connectivity index (χ1v) is 7.60. The Morgan fingerprint density at radius 1 is 0.905 bits per heavy atom. The lowest BCUT2D eigenvalue weighted by Gasteiger charge is -2.11. The lowest BCUT2D eigenvalue weighted by atomic mass is 10.0. The highest BCUT2D eigenvalue weighted by Crippen LogP contribution is 2.32. The van der Waals surface area contributed by atoms with Gasteiger partial charge in [0.25, 0.3) is 0 Å². The first-order chi connectivity index (χ1) is 10.1. The number of nitrogens with two attached hydrogens (primary N) is 1. The molecule has 0 saturated heterocycles. The molecule has 0 aliphatic carbocycles. The normalized spacial score (nSPS) is 10.5. The van der Waals surface area contributed by atoms with Gasteiger partial charge in [0.2, 0.25) is 0 Å². The Labute approximate surface area is 136 Å². The Morgan fingerprint density at radius 2 is 1.57 bits per heavy atom. The standard InChI is InChI=1S/C17H12BrNOS/c18-11-5-7-12(8-6-11)20-16-10-9-15(17(19)21)13-3-1-2-4-14(13)16/h1-10H,(H2,19,21). The number of ether oxygens (including phenoxy) is 1. The first-order valence-electron chi connectivity index (χ1n) is 6.40.